The summed E-state index contributed by atoms with van der Waals surface area (Å²) in [6.45, 7) is 2.03. The Morgan fingerprint density at radius 3 is 2.92 bits per heavy atom. The predicted molar refractivity (Wildman–Crippen MR) is 52.9 cm³/mol. The molecule has 0 saturated carbocycles. The van der Waals surface area contributed by atoms with E-state index in [4.69, 9.17) is 0 Å². The van der Waals surface area contributed by atoms with Gasteiger partial charge in [-0.3, -0.25) is 4.79 Å². The van der Waals surface area contributed by atoms with Crippen molar-refractivity contribution in [2.75, 3.05) is 0 Å². The van der Waals surface area contributed by atoms with E-state index in [0.29, 0.717) is 5.78 Å². The van der Waals surface area contributed by atoms with Crippen molar-refractivity contribution in [2.45, 2.75) is 26.2 Å². The van der Waals surface area contributed by atoms with Crippen LogP contribution in [0.4, 0.5) is 0 Å². The fraction of sp³-hybridized carbons (Fsp3) is 0.417. The standard InChI is InChI=1S/C12H14O/c1-9-5-4-7-10-6-2-3-8-11(10)12(9)13/h2-3,6,8-9H,4-5,7H2,1H3/t9-/m1/s1. The molecule has 1 aromatic carbocycles. The van der Waals surface area contributed by atoms with Crippen molar-refractivity contribution in [3.8, 4) is 0 Å². The van der Waals surface area contributed by atoms with Crippen molar-refractivity contribution in [1.82, 2.24) is 0 Å². The number of carbonyl (C=O) groups excluding carboxylic acids is 1. The molecule has 0 aromatic heterocycles. The number of hydrogen-bond acceptors (Lipinski definition) is 1. The third-order valence-electron chi connectivity index (χ3n) is 2.81. The first-order chi connectivity index (χ1) is 6.29. The van der Waals surface area contributed by atoms with E-state index in [1.165, 1.54) is 5.56 Å². The largest absolute Gasteiger partial charge is 0.294 e. The predicted octanol–water partition coefficient (Wildman–Crippen LogP) is 2.84. The third-order valence-corrected chi connectivity index (χ3v) is 2.81. The Morgan fingerprint density at radius 1 is 1.31 bits per heavy atom. The number of aryl methyl sites for hydroxylation is 1. The molecule has 1 heteroatoms. The highest BCUT2D eigenvalue weighted by Crippen LogP contribution is 2.23. The van der Waals surface area contributed by atoms with Crippen molar-refractivity contribution in [1.29, 1.82) is 0 Å². The number of carbonyl (C=O) groups is 1. The van der Waals surface area contributed by atoms with Gasteiger partial charge in [0.15, 0.2) is 5.78 Å². The van der Waals surface area contributed by atoms with Gasteiger partial charge in [0.05, 0.1) is 0 Å². The van der Waals surface area contributed by atoms with Crippen LogP contribution in [0.2, 0.25) is 0 Å². The Labute approximate surface area is 78.8 Å². The molecule has 2 rings (SSSR count). The maximum absolute atomic E-state index is 11.8. The lowest BCUT2D eigenvalue weighted by molar-refractivity contribution is 0.0927. The summed E-state index contributed by atoms with van der Waals surface area (Å²) >= 11 is 0. The number of Topliss-reactive ketones (excluding diaryl/α,β-unsaturated/α-hetero) is 1. The van der Waals surface area contributed by atoms with Gasteiger partial charge in [-0.05, 0) is 24.8 Å². The second-order valence-electron chi connectivity index (χ2n) is 3.81. The average Bonchev–Trinajstić information content (AvgIpc) is 2.29. The summed E-state index contributed by atoms with van der Waals surface area (Å²) in [6, 6.07) is 8.00. The van der Waals surface area contributed by atoms with E-state index in [-0.39, 0.29) is 5.92 Å². The zero-order valence-corrected chi connectivity index (χ0v) is 7.92. The topological polar surface area (TPSA) is 17.1 Å². The minimum Gasteiger partial charge on any atom is -0.294 e. The molecular formula is C12H14O. The van der Waals surface area contributed by atoms with E-state index < -0.39 is 0 Å². The summed E-state index contributed by atoms with van der Waals surface area (Å²) in [5, 5.41) is 0. The van der Waals surface area contributed by atoms with Crippen LogP contribution in [0.3, 0.4) is 0 Å². The molecule has 0 bridgehead atoms. The minimum absolute atomic E-state index is 0.212. The van der Waals surface area contributed by atoms with E-state index in [9.17, 15) is 4.79 Å². The van der Waals surface area contributed by atoms with Gasteiger partial charge in [0.2, 0.25) is 0 Å². The zero-order chi connectivity index (χ0) is 9.26. The first kappa shape index (κ1) is 8.49. The van der Waals surface area contributed by atoms with Crippen molar-refractivity contribution in [3.63, 3.8) is 0 Å². The monoisotopic (exact) mass is 174 g/mol. The lowest BCUT2D eigenvalue weighted by Crippen LogP contribution is -2.09. The van der Waals surface area contributed by atoms with E-state index in [2.05, 4.69) is 6.07 Å². The molecule has 0 saturated heterocycles. The molecule has 1 atom stereocenters. The van der Waals surface area contributed by atoms with Gasteiger partial charge in [0, 0.05) is 11.5 Å². The smallest absolute Gasteiger partial charge is 0.165 e. The van der Waals surface area contributed by atoms with Crippen LogP contribution in [0.25, 0.3) is 0 Å². The molecule has 0 spiro atoms. The van der Waals surface area contributed by atoms with Crippen molar-refractivity contribution < 1.29 is 4.79 Å². The Morgan fingerprint density at radius 2 is 2.08 bits per heavy atom. The van der Waals surface area contributed by atoms with Gasteiger partial charge in [-0.1, -0.05) is 31.2 Å². The highest BCUT2D eigenvalue weighted by Gasteiger charge is 2.20. The van der Waals surface area contributed by atoms with Gasteiger partial charge in [0.1, 0.15) is 0 Å². The minimum atomic E-state index is 0.212. The number of rotatable bonds is 0. The number of ketones is 1. The highest BCUT2D eigenvalue weighted by molar-refractivity contribution is 5.99. The molecular weight excluding hydrogens is 160 g/mol. The van der Waals surface area contributed by atoms with Crippen molar-refractivity contribution in [2.24, 2.45) is 5.92 Å². The van der Waals surface area contributed by atoms with E-state index in [1.807, 2.05) is 25.1 Å². The van der Waals surface area contributed by atoms with Crippen LogP contribution >= 0.6 is 0 Å². The van der Waals surface area contributed by atoms with Crippen LogP contribution < -0.4 is 0 Å². The van der Waals surface area contributed by atoms with Crippen LogP contribution in [0, 0.1) is 5.92 Å². The van der Waals surface area contributed by atoms with E-state index in [0.717, 1.165) is 24.8 Å². The van der Waals surface area contributed by atoms with Gasteiger partial charge in [-0.2, -0.15) is 0 Å². The molecule has 13 heavy (non-hydrogen) atoms. The summed E-state index contributed by atoms with van der Waals surface area (Å²) in [7, 11) is 0. The number of hydrogen-bond donors (Lipinski definition) is 0. The molecule has 0 radical (unpaired) electrons. The molecule has 0 aliphatic heterocycles. The first-order valence-electron chi connectivity index (χ1n) is 4.91. The van der Waals surface area contributed by atoms with Crippen LogP contribution in [0.1, 0.15) is 35.7 Å². The lowest BCUT2D eigenvalue weighted by atomic mass is 9.97. The van der Waals surface area contributed by atoms with Gasteiger partial charge in [0.25, 0.3) is 0 Å². The zero-order valence-electron chi connectivity index (χ0n) is 7.92. The average molecular weight is 174 g/mol. The van der Waals surface area contributed by atoms with Gasteiger partial charge in [-0.25, -0.2) is 0 Å². The molecule has 0 heterocycles. The van der Waals surface area contributed by atoms with E-state index in [1.54, 1.807) is 0 Å². The van der Waals surface area contributed by atoms with Gasteiger partial charge < -0.3 is 0 Å². The first-order valence-corrected chi connectivity index (χ1v) is 4.91. The highest BCUT2D eigenvalue weighted by atomic mass is 16.1. The number of fused-ring (bicyclic) bond motifs is 1. The van der Waals surface area contributed by atoms with Crippen LogP contribution in [0.5, 0.6) is 0 Å². The molecule has 0 amide bonds. The van der Waals surface area contributed by atoms with Gasteiger partial charge >= 0.3 is 0 Å². The SMILES string of the molecule is C[C@@H]1CCCc2ccccc2C1=O. The van der Waals surface area contributed by atoms with Crippen molar-refractivity contribution in [3.05, 3.63) is 35.4 Å². The van der Waals surface area contributed by atoms with Crippen molar-refractivity contribution >= 4 is 5.78 Å². The Kier molecular flexibility index (Phi) is 2.17. The summed E-state index contributed by atoms with van der Waals surface area (Å²) < 4.78 is 0. The maximum atomic E-state index is 11.8. The van der Waals surface area contributed by atoms with Crippen LogP contribution in [-0.2, 0) is 6.42 Å². The molecule has 0 fully saturated rings. The molecule has 0 N–H and O–H groups in total. The fourth-order valence-corrected chi connectivity index (χ4v) is 1.97. The Hall–Kier alpha value is -1.11. The second kappa shape index (κ2) is 3.33. The molecule has 1 nitrogen and oxygen atoms in total. The Bertz CT molecular complexity index is 328. The van der Waals surface area contributed by atoms with Crippen LogP contribution in [-0.4, -0.2) is 5.78 Å². The summed E-state index contributed by atoms with van der Waals surface area (Å²) in [4.78, 5) is 11.8. The Balaban J connectivity index is 2.46. The molecule has 0 unspecified atom stereocenters. The summed E-state index contributed by atoms with van der Waals surface area (Å²) in [5.74, 6) is 0.539. The molecule has 68 valence electrons. The second-order valence-corrected chi connectivity index (χ2v) is 3.81. The quantitative estimate of drug-likeness (QED) is 0.553. The molecule has 1 aromatic rings. The fourth-order valence-electron chi connectivity index (χ4n) is 1.97. The van der Waals surface area contributed by atoms with Gasteiger partial charge in [-0.15, -0.1) is 0 Å². The molecule has 1 aliphatic rings. The number of benzene rings is 1. The lowest BCUT2D eigenvalue weighted by Gasteiger charge is -2.06. The van der Waals surface area contributed by atoms with Crippen LogP contribution in [0.15, 0.2) is 24.3 Å². The maximum Gasteiger partial charge on any atom is 0.165 e. The molecule has 1 aliphatic carbocycles. The van der Waals surface area contributed by atoms with E-state index >= 15 is 0 Å². The normalized spacial score (nSPS) is 22.2. The summed E-state index contributed by atoms with van der Waals surface area (Å²) in [6.07, 6.45) is 3.24. The summed E-state index contributed by atoms with van der Waals surface area (Å²) in [5.41, 5.74) is 2.18. The third kappa shape index (κ3) is 1.51.